The summed E-state index contributed by atoms with van der Waals surface area (Å²) in [4.78, 5) is 21.2. The number of amides is 1. The van der Waals surface area contributed by atoms with Gasteiger partial charge in [0.05, 0.1) is 7.11 Å². The number of aromatic nitrogens is 2. The van der Waals surface area contributed by atoms with Crippen LogP contribution in [0.15, 0.2) is 83.4 Å². The zero-order valence-electron chi connectivity index (χ0n) is 19.5. The maximum atomic E-state index is 12.7. The molecule has 5 rings (SSSR count). The second kappa shape index (κ2) is 10.3. The number of rotatable bonds is 7. The summed E-state index contributed by atoms with van der Waals surface area (Å²) < 4.78 is 16.4. The van der Waals surface area contributed by atoms with E-state index in [0.717, 1.165) is 35.7 Å². The molecule has 1 aromatic heterocycles. The van der Waals surface area contributed by atoms with Crippen molar-refractivity contribution >= 4 is 11.6 Å². The van der Waals surface area contributed by atoms with Crippen LogP contribution in [0.1, 0.15) is 0 Å². The number of anilines is 1. The van der Waals surface area contributed by atoms with Gasteiger partial charge < -0.3 is 23.8 Å². The molecule has 0 saturated carbocycles. The van der Waals surface area contributed by atoms with E-state index in [-0.39, 0.29) is 12.5 Å². The van der Waals surface area contributed by atoms with E-state index in [4.69, 9.17) is 14.0 Å². The molecule has 8 nitrogen and oxygen atoms in total. The highest BCUT2D eigenvalue weighted by Crippen LogP contribution is 2.24. The Balaban J connectivity index is 1.11. The largest absolute Gasteiger partial charge is 0.497 e. The van der Waals surface area contributed by atoms with E-state index in [0.29, 0.717) is 30.6 Å². The Morgan fingerprint density at radius 2 is 1.54 bits per heavy atom. The van der Waals surface area contributed by atoms with Gasteiger partial charge in [-0.05, 0) is 48.5 Å². The highest BCUT2D eigenvalue weighted by Gasteiger charge is 2.21. The second-order valence-electron chi connectivity index (χ2n) is 8.17. The molecule has 8 heteroatoms. The molecule has 1 amide bonds. The molecule has 1 saturated heterocycles. The molecule has 1 fully saturated rings. The molecule has 0 N–H and O–H groups in total. The smallest absolute Gasteiger partial charge is 0.260 e. The molecule has 1 aliphatic rings. The fraction of sp³-hybridized carbons (Fsp3) is 0.222. The Labute approximate surface area is 203 Å². The third-order valence-corrected chi connectivity index (χ3v) is 5.99. The quantitative estimate of drug-likeness (QED) is 0.402. The lowest BCUT2D eigenvalue weighted by Gasteiger charge is -2.36. The number of hydrogen-bond acceptors (Lipinski definition) is 7. The van der Waals surface area contributed by atoms with Crippen LogP contribution < -0.4 is 14.4 Å². The first-order valence-electron chi connectivity index (χ1n) is 11.5. The second-order valence-corrected chi connectivity index (χ2v) is 8.17. The van der Waals surface area contributed by atoms with Crippen molar-refractivity contribution in [3.8, 4) is 34.3 Å². The van der Waals surface area contributed by atoms with Crippen LogP contribution in [0.25, 0.3) is 22.8 Å². The van der Waals surface area contributed by atoms with Crippen LogP contribution in [0.2, 0.25) is 0 Å². The summed E-state index contributed by atoms with van der Waals surface area (Å²) in [6.07, 6.45) is 0. The van der Waals surface area contributed by atoms with Crippen LogP contribution in [-0.4, -0.2) is 60.8 Å². The monoisotopic (exact) mass is 470 g/mol. The molecule has 0 aliphatic carbocycles. The standard InChI is InChI=1S/C27H26N4O4/c1-33-23-13-9-22(10-14-23)30-15-17-31(18-16-30)25(32)19-34-24-11-7-21(8-12-24)27-28-26(29-35-27)20-5-3-2-4-6-20/h2-14H,15-19H2,1H3. The zero-order chi connectivity index (χ0) is 24.0. The van der Waals surface area contributed by atoms with Crippen molar-refractivity contribution in [1.82, 2.24) is 15.0 Å². The van der Waals surface area contributed by atoms with Gasteiger partial charge in [0, 0.05) is 43.0 Å². The lowest BCUT2D eigenvalue weighted by molar-refractivity contribution is -0.133. The van der Waals surface area contributed by atoms with E-state index >= 15 is 0 Å². The Kier molecular flexibility index (Phi) is 6.61. The molecule has 0 bridgehead atoms. The average molecular weight is 471 g/mol. The number of methoxy groups -OCH3 is 1. The third-order valence-electron chi connectivity index (χ3n) is 5.99. The Morgan fingerprint density at radius 3 is 2.23 bits per heavy atom. The summed E-state index contributed by atoms with van der Waals surface area (Å²) in [5, 5.41) is 4.05. The van der Waals surface area contributed by atoms with Gasteiger partial charge in [-0.3, -0.25) is 4.79 Å². The van der Waals surface area contributed by atoms with E-state index in [1.807, 2.05) is 71.6 Å². The Bertz CT molecular complexity index is 1250. The normalized spacial score (nSPS) is 13.5. The van der Waals surface area contributed by atoms with Crippen LogP contribution in [0.5, 0.6) is 11.5 Å². The first-order valence-corrected chi connectivity index (χ1v) is 11.5. The number of hydrogen-bond donors (Lipinski definition) is 0. The number of carbonyl (C=O) groups excluding carboxylic acids is 1. The number of carbonyl (C=O) groups is 1. The van der Waals surface area contributed by atoms with Crippen molar-refractivity contribution in [2.75, 3.05) is 44.8 Å². The summed E-state index contributed by atoms with van der Waals surface area (Å²) in [5.74, 6) is 2.40. The Morgan fingerprint density at radius 1 is 0.857 bits per heavy atom. The minimum atomic E-state index is -0.0205. The van der Waals surface area contributed by atoms with Crippen LogP contribution in [-0.2, 0) is 4.79 Å². The SMILES string of the molecule is COc1ccc(N2CCN(C(=O)COc3ccc(-c4nc(-c5ccccc5)no4)cc3)CC2)cc1. The van der Waals surface area contributed by atoms with Crippen molar-refractivity contribution in [2.24, 2.45) is 0 Å². The van der Waals surface area contributed by atoms with Gasteiger partial charge in [-0.15, -0.1) is 0 Å². The van der Waals surface area contributed by atoms with Crippen LogP contribution >= 0.6 is 0 Å². The van der Waals surface area contributed by atoms with Crippen molar-refractivity contribution in [1.29, 1.82) is 0 Å². The summed E-state index contributed by atoms with van der Waals surface area (Å²) in [7, 11) is 1.66. The van der Waals surface area contributed by atoms with Crippen molar-refractivity contribution in [3.63, 3.8) is 0 Å². The maximum absolute atomic E-state index is 12.7. The molecular weight excluding hydrogens is 444 g/mol. The number of ether oxygens (including phenoxy) is 2. The van der Waals surface area contributed by atoms with E-state index in [9.17, 15) is 4.79 Å². The highest BCUT2D eigenvalue weighted by molar-refractivity contribution is 5.78. The molecule has 0 atom stereocenters. The van der Waals surface area contributed by atoms with Crippen LogP contribution in [0, 0.1) is 0 Å². The molecule has 0 spiro atoms. The van der Waals surface area contributed by atoms with E-state index in [1.165, 1.54) is 0 Å². The van der Waals surface area contributed by atoms with Crippen LogP contribution in [0.3, 0.4) is 0 Å². The summed E-state index contributed by atoms with van der Waals surface area (Å²) in [5.41, 5.74) is 2.81. The van der Waals surface area contributed by atoms with Gasteiger partial charge in [0.1, 0.15) is 11.5 Å². The summed E-state index contributed by atoms with van der Waals surface area (Å²) in [6.45, 7) is 2.88. The maximum Gasteiger partial charge on any atom is 0.260 e. The zero-order valence-corrected chi connectivity index (χ0v) is 19.5. The molecule has 35 heavy (non-hydrogen) atoms. The lowest BCUT2D eigenvalue weighted by Crippen LogP contribution is -2.50. The predicted molar refractivity (Wildman–Crippen MR) is 132 cm³/mol. The van der Waals surface area contributed by atoms with Gasteiger partial charge in [0.25, 0.3) is 11.8 Å². The first kappa shape index (κ1) is 22.5. The first-order chi connectivity index (χ1) is 17.2. The van der Waals surface area contributed by atoms with Gasteiger partial charge in [0.15, 0.2) is 6.61 Å². The fourth-order valence-electron chi connectivity index (χ4n) is 3.98. The van der Waals surface area contributed by atoms with Gasteiger partial charge in [-0.1, -0.05) is 35.5 Å². The number of nitrogens with zero attached hydrogens (tertiary/aromatic N) is 4. The molecule has 3 aromatic carbocycles. The molecule has 0 radical (unpaired) electrons. The van der Waals surface area contributed by atoms with Gasteiger partial charge in [-0.2, -0.15) is 4.98 Å². The third kappa shape index (κ3) is 5.27. The molecular formula is C27H26N4O4. The number of piperazine rings is 1. The lowest BCUT2D eigenvalue weighted by atomic mass is 10.2. The van der Waals surface area contributed by atoms with E-state index in [1.54, 1.807) is 19.2 Å². The molecule has 178 valence electrons. The highest BCUT2D eigenvalue weighted by atomic mass is 16.5. The van der Waals surface area contributed by atoms with E-state index < -0.39 is 0 Å². The van der Waals surface area contributed by atoms with Gasteiger partial charge in [0.2, 0.25) is 5.82 Å². The fourth-order valence-corrected chi connectivity index (χ4v) is 3.98. The topological polar surface area (TPSA) is 80.9 Å². The minimum absolute atomic E-state index is 0.000591. The predicted octanol–water partition coefficient (Wildman–Crippen LogP) is 4.14. The molecule has 0 unspecified atom stereocenters. The summed E-state index contributed by atoms with van der Waals surface area (Å²) in [6, 6.07) is 24.9. The average Bonchev–Trinajstić information content (AvgIpc) is 3.43. The van der Waals surface area contributed by atoms with Gasteiger partial charge in [-0.25, -0.2) is 0 Å². The summed E-state index contributed by atoms with van der Waals surface area (Å²) >= 11 is 0. The molecule has 2 heterocycles. The van der Waals surface area contributed by atoms with Crippen molar-refractivity contribution in [3.05, 3.63) is 78.9 Å². The van der Waals surface area contributed by atoms with Crippen molar-refractivity contribution in [2.45, 2.75) is 0 Å². The molecule has 4 aromatic rings. The minimum Gasteiger partial charge on any atom is -0.497 e. The van der Waals surface area contributed by atoms with Gasteiger partial charge >= 0.3 is 0 Å². The van der Waals surface area contributed by atoms with Crippen LogP contribution in [0.4, 0.5) is 5.69 Å². The Hall–Kier alpha value is -4.33. The van der Waals surface area contributed by atoms with E-state index in [2.05, 4.69) is 15.0 Å². The number of benzene rings is 3. The van der Waals surface area contributed by atoms with Crippen molar-refractivity contribution < 1.29 is 18.8 Å². The molecule has 1 aliphatic heterocycles.